The van der Waals surface area contributed by atoms with Gasteiger partial charge in [-0.2, -0.15) is 0 Å². The average molecular weight is 361 g/mol. The van der Waals surface area contributed by atoms with Crippen LogP contribution >= 0.6 is 0 Å². The lowest BCUT2D eigenvalue weighted by Gasteiger charge is -2.23. The fourth-order valence-electron chi connectivity index (χ4n) is 2.35. The standard InChI is InChI=1S/C20H27NO5/c1-8-11-25-17-10-9-15(13(2)14(17)3)12-16(18(22)24-7)21-19(23)26-20(4,5)6/h1,9-10,16H,11-12H2,2-7H3,(H,21,23)/t16-/m0/s1. The number of methoxy groups -OCH3 is 1. The monoisotopic (exact) mass is 361 g/mol. The highest BCUT2D eigenvalue weighted by Crippen LogP contribution is 2.25. The van der Waals surface area contributed by atoms with Gasteiger partial charge in [-0.1, -0.05) is 12.0 Å². The Morgan fingerprint density at radius 3 is 2.42 bits per heavy atom. The van der Waals surface area contributed by atoms with Gasteiger partial charge in [-0.05, 0) is 57.4 Å². The number of rotatable bonds is 6. The predicted molar refractivity (Wildman–Crippen MR) is 99.1 cm³/mol. The van der Waals surface area contributed by atoms with E-state index in [1.54, 1.807) is 26.8 Å². The molecule has 0 unspecified atom stereocenters. The normalized spacial score (nSPS) is 11.9. The number of benzene rings is 1. The van der Waals surface area contributed by atoms with Crippen molar-refractivity contribution in [2.75, 3.05) is 13.7 Å². The minimum Gasteiger partial charge on any atom is -0.481 e. The highest BCUT2D eigenvalue weighted by Gasteiger charge is 2.26. The molecule has 0 saturated carbocycles. The van der Waals surface area contributed by atoms with Crippen molar-refractivity contribution < 1.29 is 23.8 Å². The summed E-state index contributed by atoms with van der Waals surface area (Å²) in [5.41, 5.74) is 2.12. The summed E-state index contributed by atoms with van der Waals surface area (Å²) in [7, 11) is 1.28. The second-order valence-electron chi connectivity index (χ2n) is 6.89. The Balaban J connectivity index is 2.98. The third-order valence-electron chi connectivity index (χ3n) is 3.76. The molecule has 0 aliphatic rings. The van der Waals surface area contributed by atoms with Gasteiger partial charge in [0.1, 0.15) is 24.0 Å². The largest absolute Gasteiger partial charge is 0.481 e. The molecule has 1 N–H and O–H groups in total. The molecule has 0 aromatic heterocycles. The summed E-state index contributed by atoms with van der Waals surface area (Å²) < 4.78 is 15.5. The summed E-state index contributed by atoms with van der Waals surface area (Å²) in [6.45, 7) is 9.28. The van der Waals surface area contributed by atoms with Crippen LogP contribution in [0, 0.1) is 26.2 Å². The third-order valence-corrected chi connectivity index (χ3v) is 3.76. The molecule has 26 heavy (non-hydrogen) atoms. The number of alkyl carbamates (subject to hydrolysis) is 1. The van der Waals surface area contributed by atoms with Gasteiger partial charge in [-0.25, -0.2) is 9.59 Å². The summed E-state index contributed by atoms with van der Waals surface area (Å²) in [5, 5.41) is 2.57. The maximum absolute atomic E-state index is 12.1. The van der Waals surface area contributed by atoms with Crippen molar-refractivity contribution in [2.45, 2.75) is 52.7 Å². The second kappa shape index (κ2) is 9.14. The first-order valence-corrected chi connectivity index (χ1v) is 8.31. The number of amides is 1. The Bertz CT molecular complexity index is 697. The zero-order valence-corrected chi connectivity index (χ0v) is 16.3. The van der Waals surface area contributed by atoms with Gasteiger partial charge >= 0.3 is 12.1 Å². The average Bonchev–Trinajstić information content (AvgIpc) is 2.55. The number of carbonyl (C=O) groups is 2. The maximum atomic E-state index is 12.1. The van der Waals surface area contributed by atoms with Gasteiger partial charge in [-0.3, -0.25) is 0 Å². The number of hydrogen-bond acceptors (Lipinski definition) is 5. The molecule has 0 spiro atoms. The highest BCUT2D eigenvalue weighted by molar-refractivity contribution is 5.81. The van der Waals surface area contributed by atoms with Gasteiger partial charge in [0.15, 0.2) is 0 Å². The van der Waals surface area contributed by atoms with Crippen LogP contribution in [0.5, 0.6) is 5.75 Å². The third kappa shape index (κ3) is 6.32. The van der Waals surface area contributed by atoms with Gasteiger partial charge in [0.25, 0.3) is 0 Å². The van der Waals surface area contributed by atoms with Crippen LogP contribution in [0.4, 0.5) is 4.79 Å². The number of carbonyl (C=O) groups excluding carboxylic acids is 2. The molecule has 1 aromatic carbocycles. The second-order valence-corrected chi connectivity index (χ2v) is 6.89. The summed E-state index contributed by atoms with van der Waals surface area (Å²) in [6.07, 6.45) is 4.82. The van der Waals surface area contributed by atoms with Crippen LogP contribution in [0.15, 0.2) is 12.1 Å². The van der Waals surface area contributed by atoms with Crippen LogP contribution in [0.25, 0.3) is 0 Å². The van der Waals surface area contributed by atoms with Crippen molar-refractivity contribution in [3.05, 3.63) is 28.8 Å². The molecular weight excluding hydrogens is 334 g/mol. The Morgan fingerprint density at radius 2 is 1.88 bits per heavy atom. The topological polar surface area (TPSA) is 73.9 Å². The molecule has 1 amide bonds. The van der Waals surface area contributed by atoms with Crippen LogP contribution in [-0.2, 0) is 20.7 Å². The minimum absolute atomic E-state index is 0.185. The first kappa shape index (κ1) is 21.4. The molecule has 0 aliphatic carbocycles. The lowest BCUT2D eigenvalue weighted by Crippen LogP contribution is -2.45. The van der Waals surface area contributed by atoms with Crippen molar-refractivity contribution in [3.63, 3.8) is 0 Å². The van der Waals surface area contributed by atoms with Crippen LogP contribution in [-0.4, -0.2) is 37.4 Å². The van der Waals surface area contributed by atoms with Crippen LogP contribution < -0.4 is 10.1 Å². The lowest BCUT2D eigenvalue weighted by atomic mass is 9.97. The Kier molecular flexibility index (Phi) is 7.51. The van der Waals surface area contributed by atoms with Gasteiger partial charge in [-0.15, -0.1) is 6.42 Å². The molecule has 0 radical (unpaired) electrons. The SMILES string of the molecule is C#CCOc1ccc(C[C@H](NC(=O)OC(C)(C)C)C(=O)OC)c(C)c1C. The molecule has 1 atom stereocenters. The molecule has 0 bridgehead atoms. The Morgan fingerprint density at radius 1 is 1.23 bits per heavy atom. The van der Waals surface area contributed by atoms with E-state index in [-0.39, 0.29) is 13.0 Å². The number of hydrogen-bond donors (Lipinski definition) is 1. The van der Waals surface area contributed by atoms with E-state index in [2.05, 4.69) is 11.2 Å². The summed E-state index contributed by atoms with van der Waals surface area (Å²) in [6, 6.07) is 2.79. The zero-order chi connectivity index (χ0) is 19.9. The molecule has 0 heterocycles. The molecule has 142 valence electrons. The van der Waals surface area contributed by atoms with E-state index >= 15 is 0 Å². The summed E-state index contributed by atoms with van der Waals surface area (Å²) in [4.78, 5) is 24.1. The molecule has 6 heteroatoms. The molecule has 0 saturated heterocycles. The fourth-order valence-corrected chi connectivity index (χ4v) is 2.35. The molecule has 6 nitrogen and oxygen atoms in total. The van der Waals surface area contributed by atoms with E-state index in [1.807, 2.05) is 19.9 Å². The van der Waals surface area contributed by atoms with Crippen molar-refractivity contribution in [1.82, 2.24) is 5.32 Å². The van der Waals surface area contributed by atoms with E-state index in [4.69, 9.17) is 20.6 Å². The first-order chi connectivity index (χ1) is 12.1. The van der Waals surface area contributed by atoms with E-state index < -0.39 is 23.7 Å². The number of nitrogens with one attached hydrogen (secondary N) is 1. The fraction of sp³-hybridized carbons (Fsp3) is 0.500. The molecule has 1 rings (SSSR count). The first-order valence-electron chi connectivity index (χ1n) is 8.31. The maximum Gasteiger partial charge on any atom is 0.408 e. The number of esters is 1. The van der Waals surface area contributed by atoms with Crippen LogP contribution in [0.3, 0.4) is 0 Å². The van der Waals surface area contributed by atoms with E-state index in [1.165, 1.54) is 7.11 Å². The van der Waals surface area contributed by atoms with Gasteiger partial charge < -0.3 is 19.5 Å². The van der Waals surface area contributed by atoms with Crippen molar-refractivity contribution in [1.29, 1.82) is 0 Å². The van der Waals surface area contributed by atoms with E-state index in [0.29, 0.717) is 5.75 Å². The summed E-state index contributed by atoms with van der Waals surface area (Å²) in [5.74, 6) is 2.58. The summed E-state index contributed by atoms with van der Waals surface area (Å²) >= 11 is 0. The molecule has 0 aliphatic heterocycles. The molecule has 1 aromatic rings. The number of terminal acetylenes is 1. The lowest BCUT2D eigenvalue weighted by molar-refractivity contribution is -0.143. The van der Waals surface area contributed by atoms with Crippen LogP contribution in [0.2, 0.25) is 0 Å². The Labute approximate surface area is 155 Å². The van der Waals surface area contributed by atoms with Crippen molar-refractivity contribution in [3.8, 4) is 18.1 Å². The number of ether oxygens (including phenoxy) is 3. The van der Waals surface area contributed by atoms with E-state index in [9.17, 15) is 9.59 Å². The van der Waals surface area contributed by atoms with Crippen molar-refractivity contribution >= 4 is 12.1 Å². The Hall–Kier alpha value is -2.68. The van der Waals surface area contributed by atoms with Gasteiger partial charge in [0.2, 0.25) is 0 Å². The minimum atomic E-state index is -0.856. The zero-order valence-electron chi connectivity index (χ0n) is 16.3. The molecule has 0 fully saturated rings. The van der Waals surface area contributed by atoms with Gasteiger partial charge in [0, 0.05) is 6.42 Å². The van der Waals surface area contributed by atoms with E-state index in [0.717, 1.165) is 16.7 Å². The predicted octanol–water partition coefficient (Wildman–Crippen LogP) is 2.92. The quantitative estimate of drug-likeness (QED) is 0.623. The smallest absolute Gasteiger partial charge is 0.408 e. The molecular formula is C20H27NO5. The van der Waals surface area contributed by atoms with Crippen LogP contribution in [0.1, 0.15) is 37.5 Å². The highest BCUT2D eigenvalue weighted by atomic mass is 16.6. The van der Waals surface area contributed by atoms with Crippen molar-refractivity contribution in [2.24, 2.45) is 0 Å². The van der Waals surface area contributed by atoms with Gasteiger partial charge in [0.05, 0.1) is 7.11 Å².